The number of allylic oxidation sites excluding steroid dienone is 4. The fraction of sp³-hybridized carbons (Fsp3) is 0.429. The van der Waals surface area contributed by atoms with Gasteiger partial charge >= 0.3 is 0 Å². The third-order valence-electron chi connectivity index (χ3n) is 2.70. The van der Waals surface area contributed by atoms with Crippen LogP contribution in [0, 0.1) is 28.1 Å². The van der Waals surface area contributed by atoms with E-state index in [0.29, 0.717) is 6.54 Å². The standard InChI is InChI=1S/C14H17N3/c1-4-5-17-13-6-11(12(9-15)10-16)7-14(2,3)8-13/h4,6,17H,1,5,7-8H2,2-3H3. The average Bonchev–Trinajstić information content (AvgIpc) is 2.26. The van der Waals surface area contributed by atoms with Gasteiger partial charge in [0.25, 0.3) is 0 Å². The second-order valence-corrected chi connectivity index (χ2v) is 4.98. The van der Waals surface area contributed by atoms with E-state index in [-0.39, 0.29) is 11.0 Å². The van der Waals surface area contributed by atoms with Crippen LogP contribution in [-0.2, 0) is 0 Å². The van der Waals surface area contributed by atoms with Gasteiger partial charge in [-0.05, 0) is 29.9 Å². The topological polar surface area (TPSA) is 59.6 Å². The van der Waals surface area contributed by atoms with Gasteiger partial charge in [0.15, 0.2) is 0 Å². The Morgan fingerprint density at radius 2 is 2.12 bits per heavy atom. The number of hydrogen-bond acceptors (Lipinski definition) is 3. The minimum Gasteiger partial charge on any atom is -0.385 e. The van der Waals surface area contributed by atoms with Gasteiger partial charge in [-0.3, -0.25) is 0 Å². The average molecular weight is 227 g/mol. The Hall–Kier alpha value is -2.00. The molecular weight excluding hydrogens is 210 g/mol. The lowest BCUT2D eigenvalue weighted by Crippen LogP contribution is -2.25. The molecule has 0 aromatic heterocycles. The number of nitrogens with zero attached hydrogens (tertiary/aromatic N) is 2. The predicted octanol–water partition coefficient (Wildman–Crippen LogP) is 2.81. The number of rotatable bonds is 3. The molecule has 1 aliphatic rings. The van der Waals surface area contributed by atoms with Crippen molar-refractivity contribution in [3.63, 3.8) is 0 Å². The first kappa shape index (κ1) is 13.1. The molecule has 0 aromatic carbocycles. The first-order chi connectivity index (χ1) is 8.02. The molecule has 3 heteroatoms. The Kier molecular flexibility index (Phi) is 4.12. The molecule has 1 N–H and O–H groups in total. The van der Waals surface area contributed by atoms with Gasteiger partial charge in [-0.25, -0.2) is 0 Å². The largest absolute Gasteiger partial charge is 0.385 e. The van der Waals surface area contributed by atoms with E-state index in [1.807, 2.05) is 18.2 Å². The fourth-order valence-electron chi connectivity index (χ4n) is 2.05. The Morgan fingerprint density at radius 1 is 1.47 bits per heavy atom. The summed E-state index contributed by atoms with van der Waals surface area (Å²) in [5.74, 6) is 0. The van der Waals surface area contributed by atoms with Crippen LogP contribution in [0.3, 0.4) is 0 Å². The Morgan fingerprint density at radius 3 is 2.65 bits per heavy atom. The monoisotopic (exact) mass is 227 g/mol. The molecular formula is C14H17N3. The van der Waals surface area contributed by atoms with Crippen LogP contribution in [0.5, 0.6) is 0 Å². The Balaban J connectivity index is 3.08. The summed E-state index contributed by atoms with van der Waals surface area (Å²) in [6.45, 7) is 8.64. The second-order valence-electron chi connectivity index (χ2n) is 4.98. The molecule has 0 unspecified atom stereocenters. The van der Waals surface area contributed by atoms with Crippen molar-refractivity contribution in [1.29, 1.82) is 10.5 Å². The van der Waals surface area contributed by atoms with Gasteiger partial charge < -0.3 is 5.32 Å². The van der Waals surface area contributed by atoms with Crippen molar-refractivity contribution in [3.05, 3.63) is 35.6 Å². The molecule has 0 amide bonds. The van der Waals surface area contributed by atoms with Crippen LogP contribution in [0.2, 0.25) is 0 Å². The molecule has 88 valence electrons. The van der Waals surface area contributed by atoms with Gasteiger partial charge in [0, 0.05) is 12.2 Å². The van der Waals surface area contributed by atoms with E-state index in [1.165, 1.54) is 0 Å². The van der Waals surface area contributed by atoms with Crippen molar-refractivity contribution in [2.75, 3.05) is 6.54 Å². The lowest BCUT2D eigenvalue weighted by molar-refractivity contribution is 0.342. The van der Waals surface area contributed by atoms with E-state index >= 15 is 0 Å². The first-order valence-electron chi connectivity index (χ1n) is 5.61. The van der Waals surface area contributed by atoms with Crippen molar-refractivity contribution in [2.45, 2.75) is 26.7 Å². The summed E-state index contributed by atoms with van der Waals surface area (Å²) in [4.78, 5) is 0. The third kappa shape index (κ3) is 3.50. The second kappa shape index (κ2) is 5.37. The molecule has 0 fully saturated rings. The SMILES string of the molecule is C=CCNC1=CC(=C(C#N)C#N)CC(C)(C)C1. The van der Waals surface area contributed by atoms with Crippen LogP contribution in [0.4, 0.5) is 0 Å². The first-order valence-corrected chi connectivity index (χ1v) is 5.61. The summed E-state index contributed by atoms with van der Waals surface area (Å²) >= 11 is 0. The van der Waals surface area contributed by atoms with E-state index in [1.54, 1.807) is 6.08 Å². The summed E-state index contributed by atoms with van der Waals surface area (Å²) in [6.07, 6.45) is 5.41. The molecule has 0 aliphatic heterocycles. The third-order valence-corrected chi connectivity index (χ3v) is 2.70. The highest BCUT2D eigenvalue weighted by molar-refractivity contribution is 5.47. The van der Waals surface area contributed by atoms with Crippen molar-refractivity contribution >= 4 is 0 Å². The molecule has 0 spiro atoms. The van der Waals surface area contributed by atoms with E-state index in [0.717, 1.165) is 24.1 Å². The highest BCUT2D eigenvalue weighted by atomic mass is 14.9. The number of hydrogen-bond donors (Lipinski definition) is 1. The summed E-state index contributed by atoms with van der Waals surface area (Å²) in [5.41, 5.74) is 2.19. The smallest absolute Gasteiger partial charge is 0.132 e. The van der Waals surface area contributed by atoms with Crippen LogP contribution in [-0.4, -0.2) is 6.54 Å². The van der Waals surface area contributed by atoms with Crippen molar-refractivity contribution in [3.8, 4) is 12.1 Å². The molecule has 0 saturated heterocycles. The molecule has 0 radical (unpaired) electrons. The maximum absolute atomic E-state index is 8.91. The molecule has 17 heavy (non-hydrogen) atoms. The summed E-state index contributed by atoms with van der Waals surface area (Å²) in [5, 5.41) is 21.1. The summed E-state index contributed by atoms with van der Waals surface area (Å²) < 4.78 is 0. The zero-order valence-electron chi connectivity index (χ0n) is 10.4. The molecule has 0 bridgehead atoms. The van der Waals surface area contributed by atoms with Crippen molar-refractivity contribution in [2.24, 2.45) is 5.41 Å². The van der Waals surface area contributed by atoms with Gasteiger partial charge in [-0.1, -0.05) is 19.9 Å². The zero-order chi connectivity index (χ0) is 12.9. The van der Waals surface area contributed by atoms with Gasteiger partial charge in [0.05, 0.1) is 0 Å². The fourth-order valence-corrected chi connectivity index (χ4v) is 2.05. The normalized spacial score (nSPS) is 17.4. The van der Waals surface area contributed by atoms with Crippen LogP contribution < -0.4 is 5.32 Å². The highest BCUT2D eigenvalue weighted by Crippen LogP contribution is 2.37. The molecule has 0 aromatic rings. The predicted molar refractivity (Wildman–Crippen MR) is 67.5 cm³/mol. The van der Waals surface area contributed by atoms with Crippen molar-refractivity contribution in [1.82, 2.24) is 5.32 Å². The molecule has 1 rings (SSSR count). The van der Waals surface area contributed by atoms with E-state index in [9.17, 15) is 0 Å². The maximum Gasteiger partial charge on any atom is 0.132 e. The summed E-state index contributed by atoms with van der Waals surface area (Å²) in [7, 11) is 0. The van der Waals surface area contributed by atoms with E-state index in [2.05, 4.69) is 25.7 Å². The van der Waals surface area contributed by atoms with Gasteiger partial charge in [0.1, 0.15) is 17.7 Å². The number of nitriles is 2. The minimum absolute atomic E-state index is 0.0759. The lowest BCUT2D eigenvalue weighted by Gasteiger charge is -2.31. The van der Waals surface area contributed by atoms with Crippen LogP contribution in [0.1, 0.15) is 26.7 Å². The molecule has 3 nitrogen and oxygen atoms in total. The molecule has 0 heterocycles. The van der Waals surface area contributed by atoms with Crippen LogP contribution in [0.25, 0.3) is 0 Å². The number of nitrogens with one attached hydrogen (secondary N) is 1. The summed E-state index contributed by atoms with van der Waals surface area (Å²) in [6, 6.07) is 3.92. The van der Waals surface area contributed by atoms with Crippen molar-refractivity contribution < 1.29 is 0 Å². The highest BCUT2D eigenvalue weighted by Gasteiger charge is 2.27. The molecule has 0 saturated carbocycles. The van der Waals surface area contributed by atoms with Crippen LogP contribution in [0.15, 0.2) is 35.6 Å². The quantitative estimate of drug-likeness (QED) is 0.595. The minimum atomic E-state index is 0.0759. The molecule has 0 atom stereocenters. The van der Waals surface area contributed by atoms with Crippen LogP contribution >= 0.6 is 0 Å². The Bertz CT molecular complexity index is 437. The van der Waals surface area contributed by atoms with Gasteiger partial charge in [0.2, 0.25) is 0 Å². The Labute approximate surface area is 103 Å². The van der Waals surface area contributed by atoms with Gasteiger partial charge in [-0.15, -0.1) is 6.58 Å². The van der Waals surface area contributed by atoms with E-state index < -0.39 is 0 Å². The molecule has 1 aliphatic carbocycles. The maximum atomic E-state index is 8.91. The zero-order valence-corrected chi connectivity index (χ0v) is 10.4. The van der Waals surface area contributed by atoms with E-state index in [4.69, 9.17) is 10.5 Å². The van der Waals surface area contributed by atoms with Gasteiger partial charge in [-0.2, -0.15) is 10.5 Å². The lowest BCUT2D eigenvalue weighted by atomic mass is 9.76.